The molecule has 1 aliphatic rings. The maximum atomic E-state index is 12.0. The molecule has 0 saturated heterocycles. The molecule has 1 aliphatic carbocycles. The molecule has 0 aliphatic heterocycles. The van der Waals surface area contributed by atoms with Crippen LogP contribution in [-0.2, 0) is 9.53 Å². The highest BCUT2D eigenvalue weighted by Gasteiger charge is 2.30. The normalized spacial score (nSPS) is 18.4. The average Bonchev–Trinajstić information content (AvgIpc) is 2.35. The fourth-order valence-corrected chi connectivity index (χ4v) is 2.52. The van der Waals surface area contributed by atoms with E-state index >= 15 is 0 Å². The highest BCUT2D eigenvalue weighted by atomic mass is 16.6. The Morgan fingerprint density at radius 2 is 1.83 bits per heavy atom. The third-order valence-corrected chi connectivity index (χ3v) is 3.43. The molecular formula is C14H25NO3. The Hall–Kier alpha value is -1.06. The molecular weight excluding hydrogens is 230 g/mol. The number of carbonyl (C=O) groups is 2. The standard InChI is InChI=1S/C14H25NO3/c1-4-12(16)13(11-8-6-5-7-9-11)15-14(17)18-10(2)3/h10-11,13H,4-9H2,1-3H3,(H,15,17)/t13-/m0/s1. The largest absolute Gasteiger partial charge is 0.447 e. The van der Waals surface area contributed by atoms with Crippen molar-refractivity contribution in [3.05, 3.63) is 0 Å². The summed E-state index contributed by atoms with van der Waals surface area (Å²) in [5.41, 5.74) is 0. The first kappa shape index (κ1) is 15.0. The van der Waals surface area contributed by atoms with Gasteiger partial charge in [-0.1, -0.05) is 26.2 Å². The molecule has 0 unspecified atom stereocenters. The van der Waals surface area contributed by atoms with Crippen molar-refractivity contribution in [1.82, 2.24) is 5.32 Å². The Kier molecular flexibility index (Phi) is 6.16. The first-order valence-corrected chi connectivity index (χ1v) is 7.04. The highest BCUT2D eigenvalue weighted by Crippen LogP contribution is 2.27. The number of Topliss-reactive ketones (excluding diaryl/α,β-unsaturated/α-hetero) is 1. The van der Waals surface area contributed by atoms with Crippen molar-refractivity contribution >= 4 is 11.9 Å². The number of ether oxygens (including phenoxy) is 1. The van der Waals surface area contributed by atoms with Crippen LogP contribution in [0.5, 0.6) is 0 Å². The van der Waals surface area contributed by atoms with Gasteiger partial charge < -0.3 is 10.1 Å². The molecule has 18 heavy (non-hydrogen) atoms. The predicted octanol–water partition coefficient (Wildman–Crippen LogP) is 3.05. The summed E-state index contributed by atoms with van der Waals surface area (Å²) in [6.45, 7) is 5.45. The van der Waals surface area contributed by atoms with Crippen LogP contribution in [0.25, 0.3) is 0 Å². The van der Waals surface area contributed by atoms with Crippen molar-refractivity contribution < 1.29 is 14.3 Å². The summed E-state index contributed by atoms with van der Waals surface area (Å²) in [5, 5.41) is 2.76. The Morgan fingerprint density at radius 3 is 2.33 bits per heavy atom. The van der Waals surface area contributed by atoms with Crippen molar-refractivity contribution in [2.45, 2.75) is 71.4 Å². The molecule has 1 fully saturated rings. The summed E-state index contributed by atoms with van der Waals surface area (Å²) in [5.74, 6) is 0.397. The molecule has 0 bridgehead atoms. The molecule has 1 atom stereocenters. The van der Waals surface area contributed by atoms with Gasteiger partial charge in [-0.25, -0.2) is 4.79 Å². The van der Waals surface area contributed by atoms with Gasteiger partial charge in [-0.3, -0.25) is 4.79 Å². The molecule has 4 nitrogen and oxygen atoms in total. The lowest BCUT2D eigenvalue weighted by molar-refractivity contribution is -0.122. The van der Waals surface area contributed by atoms with Gasteiger partial charge in [0.2, 0.25) is 0 Å². The molecule has 1 rings (SSSR count). The zero-order chi connectivity index (χ0) is 13.5. The third kappa shape index (κ3) is 4.67. The zero-order valence-corrected chi connectivity index (χ0v) is 11.7. The van der Waals surface area contributed by atoms with E-state index in [1.807, 2.05) is 6.92 Å². The van der Waals surface area contributed by atoms with E-state index in [-0.39, 0.29) is 23.8 Å². The van der Waals surface area contributed by atoms with Gasteiger partial charge in [0.25, 0.3) is 0 Å². The van der Waals surface area contributed by atoms with Crippen LogP contribution in [-0.4, -0.2) is 24.0 Å². The summed E-state index contributed by atoms with van der Waals surface area (Å²) in [6.07, 6.45) is 5.42. The van der Waals surface area contributed by atoms with Crippen LogP contribution in [0.1, 0.15) is 59.3 Å². The molecule has 0 aromatic heterocycles. The number of ketones is 1. The van der Waals surface area contributed by atoms with Gasteiger partial charge in [0, 0.05) is 6.42 Å². The van der Waals surface area contributed by atoms with E-state index in [1.54, 1.807) is 13.8 Å². The molecule has 4 heteroatoms. The first-order valence-electron chi connectivity index (χ1n) is 7.04. The Balaban J connectivity index is 2.60. The summed E-state index contributed by atoms with van der Waals surface area (Å²) in [4.78, 5) is 23.6. The van der Waals surface area contributed by atoms with Crippen LogP contribution in [0.4, 0.5) is 4.79 Å². The minimum atomic E-state index is -0.470. The highest BCUT2D eigenvalue weighted by molar-refractivity contribution is 5.87. The van der Waals surface area contributed by atoms with E-state index in [1.165, 1.54) is 6.42 Å². The molecule has 1 amide bonds. The fraction of sp³-hybridized carbons (Fsp3) is 0.857. The van der Waals surface area contributed by atoms with Gasteiger partial charge in [0.1, 0.15) is 0 Å². The van der Waals surface area contributed by atoms with E-state index < -0.39 is 6.09 Å². The maximum Gasteiger partial charge on any atom is 0.407 e. The molecule has 1 N–H and O–H groups in total. The van der Waals surface area contributed by atoms with Crippen molar-refractivity contribution in [2.24, 2.45) is 5.92 Å². The van der Waals surface area contributed by atoms with E-state index in [4.69, 9.17) is 4.74 Å². The average molecular weight is 255 g/mol. The van der Waals surface area contributed by atoms with Crippen molar-refractivity contribution in [3.63, 3.8) is 0 Å². The predicted molar refractivity (Wildman–Crippen MR) is 70.4 cm³/mol. The van der Waals surface area contributed by atoms with Crippen LogP contribution < -0.4 is 5.32 Å². The van der Waals surface area contributed by atoms with Crippen LogP contribution in [0.3, 0.4) is 0 Å². The summed E-state index contributed by atoms with van der Waals surface area (Å²) in [7, 11) is 0. The van der Waals surface area contributed by atoms with Crippen molar-refractivity contribution in [3.8, 4) is 0 Å². The molecule has 0 spiro atoms. The molecule has 104 valence electrons. The maximum absolute atomic E-state index is 12.0. The number of carbonyl (C=O) groups excluding carboxylic acids is 2. The summed E-state index contributed by atoms with van der Waals surface area (Å²) in [6, 6.07) is -0.360. The third-order valence-electron chi connectivity index (χ3n) is 3.43. The quantitative estimate of drug-likeness (QED) is 0.821. The lowest BCUT2D eigenvalue weighted by Crippen LogP contribution is -2.47. The monoisotopic (exact) mass is 255 g/mol. The number of hydrogen-bond acceptors (Lipinski definition) is 3. The second-order valence-electron chi connectivity index (χ2n) is 5.29. The first-order chi connectivity index (χ1) is 8.54. The van der Waals surface area contributed by atoms with E-state index in [0.717, 1.165) is 25.7 Å². The topological polar surface area (TPSA) is 55.4 Å². The minimum Gasteiger partial charge on any atom is -0.447 e. The lowest BCUT2D eigenvalue weighted by atomic mass is 9.82. The lowest BCUT2D eigenvalue weighted by Gasteiger charge is -2.29. The van der Waals surface area contributed by atoms with Crippen LogP contribution in [0, 0.1) is 5.92 Å². The van der Waals surface area contributed by atoms with E-state index in [0.29, 0.717) is 6.42 Å². The van der Waals surface area contributed by atoms with Gasteiger partial charge in [-0.2, -0.15) is 0 Å². The molecule has 0 aromatic rings. The smallest absolute Gasteiger partial charge is 0.407 e. The van der Waals surface area contributed by atoms with Crippen molar-refractivity contribution in [1.29, 1.82) is 0 Å². The Bertz CT molecular complexity index is 283. The molecule has 1 saturated carbocycles. The van der Waals surface area contributed by atoms with Gasteiger partial charge in [0.15, 0.2) is 5.78 Å². The number of amides is 1. The Labute approximate surface area is 109 Å². The number of hydrogen-bond donors (Lipinski definition) is 1. The fourth-order valence-electron chi connectivity index (χ4n) is 2.52. The second-order valence-corrected chi connectivity index (χ2v) is 5.29. The number of rotatable bonds is 5. The van der Waals surface area contributed by atoms with Gasteiger partial charge in [0.05, 0.1) is 12.1 Å². The van der Waals surface area contributed by atoms with Gasteiger partial charge in [-0.05, 0) is 32.6 Å². The second kappa shape index (κ2) is 7.39. The molecule has 0 radical (unpaired) electrons. The van der Waals surface area contributed by atoms with Crippen LogP contribution >= 0.6 is 0 Å². The number of nitrogens with one attached hydrogen (secondary N) is 1. The minimum absolute atomic E-state index is 0.114. The van der Waals surface area contributed by atoms with Crippen LogP contribution in [0.2, 0.25) is 0 Å². The number of alkyl carbamates (subject to hydrolysis) is 1. The molecule has 0 heterocycles. The van der Waals surface area contributed by atoms with Gasteiger partial charge in [-0.15, -0.1) is 0 Å². The van der Waals surface area contributed by atoms with E-state index in [9.17, 15) is 9.59 Å². The summed E-state index contributed by atoms with van der Waals surface area (Å²) >= 11 is 0. The molecule has 0 aromatic carbocycles. The van der Waals surface area contributed by atoms with Gasteiger partial charge >= 0.3 is 6.09 Å². The SMILES string of the molecule is CCC(=O)[C@@H](NC(=O)OC(C)C)C1CCCCC1. The Morgan fingerprint density at radius 1 is 1.22 bits per heavy atom. The zero-order valence-electron chi connectivity index (χ0n) is 11.7. The van der Waals surface area contributed by atoms with Crippen molar-refractivity contribution in [2.75, 3.05) is 0 Å². The van der Waals surface area contributed by atoms with Crippen LogP contribution in [0.15, 0.2) is 0 Å². The van der Waals surface area contributed by atoms with E-state index in [2.05, 4.69) is 5.32 Å². The summed E-state index contributed by atoms with van der Waals surface area (Å²) < 4.78 is 5.06.